The molecule has 0 N–H and O–H groups in total. The third-order valence-corrected chi connectivity index (χ3v) is 6.11. The summed E-state index contributed by atoms with van der Waals surface area (Å²) in [6.45, 7) is 3.92. The summed E-state index contributed by atoms with van der Waals surface area (Å²) >= 11 is 0. The summed E-state index contributed by atoms with van der Waals surface area (Å²) in [5.41, 5.74) is 0. The Morgan fingerprint density at radius 2 is 1.91 bits per heavy atom. The van der Waals surface area contributed by atoms with E-state index in [9.17, 15) is 13.2 Å². The minimum absolute atomic E-state index is 0.0656. The maximum atomic E-state index is 12.2. The molecule has 1 aromatic rings. The lowest BCUT2D eigenvalue weighted by Gasteiger charge is -2.33. The molecule has 0 bridgehead atoms. The van der Waals surface area contributed by atoms with Crippen molar-refractivity contribution in [2.45, 2.75) is 32.1 Å². The van der Waals surface area contributed by atoms with Gasteiger partial charge in [0.2, 0.25) is 15.9 Å². The molecule has 0 radical (unpaired) electrons. The SMILES string of the molecule is C[C@@H]1C[C@@H]1c1ccc(CCC(=O)N2CCN(S(C)(=O)=O)CC2)o1. The summed E-state index contributed by atoms with van der Waals surface area (Å²) in [7, 11) is -3.15. The van der Waals surface area contributed by atoms with Gasteiger partial charge in [-0.25, -0.2) is 8.42 Å². The highest BCUT2D eigenvalue weighted by molar-refractivity contribution is 7.88. The van der Waals surface area contributed by atoms with E-state index in [1.807, 2.05) is 12.1 Å². The fraction of sp³-hybridized carbons (Fsp3) is 0.688. The molecule has 7 heteroatoms. The van der Waals surface area contributed by atoms with E-state index in [0.717, 1.165) is 11.5 Å². The number of sulfonamides is 1. The Morgan fingerprint density at radius 1 is 1.26 bits per heavy atom. The summed E-state index contributed by atoms with van der Waals surface area (Å²) < 4.78 is 30.2. The van der Waals surface area contributed by atoms with Crippen molar-refractivity contribution in [2.24, 2.45) is 5.92 Å². The molecule has 1 saturated heterocycles. The molecule has 2 aliphatic rings. The van der Waals surface area contributed by atoms with Gasteiger partial charge in [0.05, 0.1) is 6.26 Å². The number of amides is 1. The average Bonchev–Trinajstić information content (AvgIpc) is 3.06. The van der Waals surface area contributed by atoms with Gasteiger partial charge in [-0.15, -0.1) is 0 Å². The fourth-order valence-corrected chi connectivity index (χ4v) is 3.93. The molecule has 0 aromatic carbocycles. The predicted octanol–water partition coefficient (Wildman–Crippen LogP) is 1.44. The second-order valence-electron chi connectivity index (χ2n) is 6.67. The van der Waals surface area contributed by atoms with Crippen LogP contribution in [-0.2, 0) is 21.2 Å². The highest BCUT2D eigenvalue weighted by Crippen LogP contribution is 2.47. The number of rotatable bonds is 5. The summed E-state index contributed by atoms with van der Waals surface area (Å²) in [5.74, 6) is 3.24. The topological polar surface area (TPSA) is 70.8 Å². The Kier molecular flexibility index (Phi) is 4.51. The van der Waals surface area contributed by atoms with E-state index in [1.165, 1.54) is 17.0 Å². The van der Waals surface area contributed by atoms with Crippen molar-refractivity contribution in [1.29, 1.82) is 0 Å². The van der Waals surface area contributed by atoms with Crippen molar-refractivity contribution in [3.05, 3.63) is 23.7 Å². The molecule has 1 amide bonds. The molecule has 128 valence electrons. The number of nitrogens with zero attached hydrogens (tertiary/aromatic N) is 2. The third-order valence-electron chi connectivity index (χ3n) is 4.80. The van der Waals surface area contributed by atoms with Crippen LogP contribution in [0.5, 0.6) is 0 Å². The quantitative estimate of drug-likeness (QED) is 0.813. The Hall–Kier alpha value is -1.34. The standard InChI is InChI=1S/C16H24N2O4S/c1-12-11-14(12)15-5-3-13(22-15)4-6-16(19)17-7-9-18(10-8-17)23(2,20)21/h3,5,12,14H,4,6-11H2,1-2H3/t12-,14+/m1/s1. The van der Waals surface area contributed by atoms with Crippen LogP contribution in [0.4, 0.5) is 0 Å². The number of hydrogen-bond donors (Lipinski definition) is 0. The molecule has 6 nitrogen and oxygen atoms in total. The van der Waals surface area contributed by atoms with Gasteiger partial charge in [0.1, 0.15) is 11.5 Å². The molecule has 0 spiro atoms. The number of carbonyl (C=O) groups is 1. The summed E-state index contributed by atoms with van der Waals surface area (Å²) in [4.78, 5) is 14.0. The highest BCUT2D eigenvalue weighted by atomic mass is 32.2. The van der Waals surface area contributed by atoms with Crippen LogP contribution in [0.3, 0.4) is 0 Å². The fourth-order valence-electron chi connectivity index (χ4n) is 3.10. The van der Waals surface area contributed by atoms with Crippen molar-refractivity contribution in [2.75, 3.05) is 32.4 Å². The second-order valence-corrected chi connectivity index (χ2v) is 8.65. The minimum atomic E-state index is -3.15. The monoisotopic (exact) mass is 340 g/mol. The van der Waals surface area contributed by atoms with Gasteiger partial charge in [0, 0.05) is 44.9 Å². The van der Waals surface area contributed by atoms with Gasteiger partial charge in [0.15, 0.2) is 0 Å². The molecule has 1 aromatic heterocycles. The van der Waals surface area contributed by atoms with Gasteiger partial charge < -0.3 is 9.32 Å². The minimum Gasteiger partial charge on any atom is -0.466 e. The van der Waals surface area contributed by atoms with Crippen molar-refractivity contribution in [1.82, 2.24) is 9.21 Å². The zero-order chi connectivity index (χ0) is 16.6. The lowest BCUT2D eigenvalue weighted by atomic mass is 10.2. The van der Waals surface area contributed by atoms with Gasteiger partial charge in [-0.05, 0) is 24.5 Å². The zero-order valence-electron chi connectivity index (χ0n) is 13.7. The van der Waals surface area contributed by atoms with E-state index in [0.29, 0.717) is 50.9 Å². The zero-order valence-corrected chi connectivity index (χ0v) is 14.5. The normalized spacial score (nSPS) is 25.6. The third kappa shape index (κ3) is 3.95. The molecule has 3 rings (SSSR count). The second kappa shape index (κ2) is 6.28. The molecule has 2 fully saturated rings. The van der Waals surface area contributed by atoms with Crippen molar-refractivity contribution in [3.63, 3.8) is 0 Å². The molecule has 1 aliphatic carbocycles. The van der Waals surface area contributed by atoms with Crippen LogP contribution in [0.2, 0.25) is 0 Å². The van der Waals surface area contributed by atoms with Gasteiger partial charge >= 0.3 is 0 Å². The molecular weight excluding hydrogens is 316 g/mol. The van der Waals surface area contributed by atoms with Gasteiger partial charge in [-0.3, -0.25) is 4.79 Å². The Labute approximate surface area is 137 Å². The molecule has 0 unspecified atom stereocenters. The van der Waals surface area contributed by atoms with Crippen LogP contribution < -0.4 is 0 Å². The van der Waals surface area contributed by atoms with E-state index in [1.54, 1.807) is 4.90 Å². The van der Waals surface area contributed by atoms with Gasteiger partial charge in [0.25, 0.3) is 0 Å². The molecule has 1 aliphatic heterocycles. The van der Waals surface area contributed by atoms with E-state index >= 15 is 0 Å². The molecule has 1 saturated carbocycles. The van der Waals surface area contributed by atoms with Gasteiger partial charge in [-0.1, -0.05) is 6.92 Å². The number of carbonyl (C=O) groups excluding carboxylic acids is 1. The van der Waals surface area contributed by atoms with Crippen LogP contribution in [0.15, 0.2) is 16.5 Å². The predicted molar refractivity (Wildman–Crippen MR) is 86.5 cm³/mol. The van der Waals surface area contributed by atoms with Crippen LogP contribution in [0.25, 0.3) is 0 Å². The lowest BCUT2D eigenvalue weighted by Crippen LogP contribution is -2.50. The largest absolute Gasteiger partial charge is 0.466 e. The summed E-state index contributed by atoms with van der Waals surface area (Å²) in [5, 5.41) is 0. The number of hydrogen-bond acceptors (Lipinski definition) is 4. The van der Waals surface area contributed by atoms with Crippen molar-refractivity contribution >= 4 is 15.9 Å². The Bertz CT molecular complexity index is 674. The van der Waals surface area contributed by atoms with Crippen LogP contribution in [-0.4, -0.2) is 56.0 Å². The highest BCUT2D eigenvalue weighted by Gasteiger charge is 2.36. The van der Waals surface area contributed by atoms with E-state index in [2.05, 4.69) is 6.92 Å². The van der Waals surface area contributed by atoms with Crippen LogP contribution in [0.1, 0.15) is 37.2 Å². The van der Waals surface area contributed by atoms with Gasteiger partial charge in [-0.2, -0.15) is 4.31 Å². The first kappa shape index (κ1) is 16.5. The first-order chi connectivity index (χ1) is 10.8. The first-order valence-electron chi connectivity index (χ1n) is 8.16. The summed E-state index contributed by atoms with van der Waals surface area (Å²) in [6, 6.07) is 3.99. The lowest BCUT2D eigenvalue weighted by molar-refractivity contribution is -0.132. The van der Waals surface area contributed by atoms with Crippen molar-refractivity contribution < 1.29 is 17.6 Å². The van der Waals surface area contributed by atoms with Crippen LogP contribution >= 0.6 is 0 Å². The Balaban J connectivity index is 1.46. The van der Waals surface area contributed by atoms with E-state index < -0.39 is 10.0 Å². The molecule has 2 heterocycles. The molecule has 23 heavy (non-hydrogen) atoms. The maximum Gasteiger partial charge on any atom is 0.223 e. The van der Waals surface area contributed by atoms with Crippen molar-refractivity contribution in [3.8, 4) is 0 Å². The number of furan rings is 1. The molecule has 2 atom stereocenters. The van der Waals surface area contributed by atoms with E-state index in [-0.39, 0.29) is 5.91 Å². The average molecular weight is 340 g/mol. The number of aryl methyl sites for hydroxylation is 1. The van der Waals surface area contributed by atoms with E-state index in [4.69, 9.17) is 4.42 Å². The smallest absolute Gasteiger partial charge is 0.223 e. The number of piperazine rings is 1. The summed E-state index contributed by atoms with van der Waals surface area (Å²) in [6.07, 6.45) is 3.41. The molecular formula is C16H24N2O4S. The van der Waals surface area contributed by atoms with Crippen LogP contribution in [0, 0.1) is 5.92 Å². The Morgan fingerprint density at radius 3 is 2.48 bits per heavy atom. The first-order valence-corrected chi connectivity index (χ1v) is 10.0. The maximum absolute atomic E-state index is 12.2.